The van der Waals surface area contributed by atoms with Gasteiger partial charge in [0, 0.05) is 36.1 Å². The van der Waals surface area contributed by atoms with Gasteiger partial charge in [-0.05, 0) is 49.8 Å². The summed E-state index contributed by atoms with van der Waals surface area (Å²) in [5.74, 6) is -2.43. The molecule has 1 fully saturated rings. The number of aryl methyl sites for hydroxylation is 1. The smallest absolute Gasteiger partial charge is 0.352 e. The number of para-hydroxylation sites is 1. The lowest BCUT2D eigenvalue weighted by atomic mass is 9.60. The molecule has 1 heterocycles. The molecule has 40 heavy (non-hydrogen) atoms. The summed E-state index contributed by atoms with van der Waals surface area (Å²) < 4.78 is 1.60. The zero-order valence-corrected chi connectivity index (χ0v) is 23.8. The van der Waals surface area contributed by atoms with Crippen molar-refractivity contribution >= 4 is 28.7 Å². The standard InChI is InChI=1S/C32H42N4O4/c1-21(2)19-23(20-34-18-16-22-11-5-4-6-12-22)35-29(37)25-14-9-10-17-32(25,31(33)40)27-24-13-7-8-15-26(24)36(3)28(27)30(38)39/h4-8,11-13,15,21,23,25,34H,9-10,14,16-20H2,1-3H3,(H2,33,40)(H,35,37)(H,38,39)/t23?,25-,32-/m0/s1. The van der Waals surface area contributed by atoms with E-state index in [4.69, 9.17) is 5.73 Å². The van der Waals surface area contributed by atoms with Crippen molar-refractivity contribution in [2.45, 2.75) is 63.8 Å². The predicted octanol–water partition coefficient (Wildman–Crippen LogP) is 4.15. The lowest BCUT2D eigenvalue weighted by molar-refractivity contribution is -0.137. The first-order valence-corrected chi connectivity index (χ1v) is 14.3. The van der Waals surface area contributed by atoms with Crippen molar-refractivity contribution in [2.24, 2.45) is 24.6 Å². The Bertz CT molecular complexity index is 1350. The normalized spacial score (nSPS) is 19.9. The summed E-state index contributed by atoms with van der Waals surface area (Å²) >= 11 is 0. The van der Waals surface area contributed by atoms with Crippen molar-refractivity contribution in [3.05, 3.63) is 71.4 Å². The first-order valence-electron chi connectivity index (χ1n) is 14.3. The zero-order valence-electron chi connectivity index (χ0n) is 23.8. The lowest BCUT2D eigenvalue weighted by Gasteiger charge is -2.42. The minimum atomic E-state index is -1.42. The number of aromatic nitrogens is 1. The molecule has 0 aliphatic heterocycles. The van der Waals surface area contributed by atoms with Crippen LogP contribution in [-0.4, -0.2) is 46.6 Å². The van der Waals surface area contributed by atoms with E-state index in [0.29, 0.717) is 48.2 Å². The highest BCUT2D eigenvalue weighted by atomic mass is 16.4. The van der Waals surface area contributed by atoms with E-state index in [2.05, 4.69) is 36.6 Å². The van der Waals surface area contributed by atoms with Crippen LogP contribution < -0.4 is 16.4 Å². The van der Waals surface area contributed by atoms with Crippen LogP contribution in [0.4, 0.5) is 0 Å². The number of carbonyl (C=O) groups excluding carboxylic acids is 2. The van der Waals surface area contributed by atoms with Crippen molar-refractivity contribution in [1.29, 1.82) is 0 Å². The number of fused-ring (bicyclic) bond motifs is 1. The summed E-state index contributed by atoms with van der Waals surface area (Å²) in [7, 11) is 1.68. The fourth-order valence-electron chi connectivity index (χ4n) is 6.56. The Hall–Kier alpha value is -3.65. The first kappa shape index (κ1) is 29.3. The van der Waals surface area contributed by atoms with Gasteiger partial charge in [0.25, 0.3) is 0 Å². The number of hydrogen-bond acceptors (Lipinski definition) is 4. The van der Waals surface area contributed by atoms with Crippen LogP contribution in [-0.2, 0) is 28.5 Å². The summed E-state index contributed by atoms with van der Waals surface area (Å²) in [6.45, 7) is 5.61. The molecule has 1 aliphatic rings. The van der Waals surface area contributed by atoms with Gasteiger partial charge in [-0.3, -0.25) is 9.59 Å². The molecule has 8 nitrogen and oxygen atoms in total. The van der Waals surface area contributed by atoms with Crippen LogP contribution in [0.2, 0.25) is 0 Å². The molecule has 1 unspecified atom stereocenters. The zero-order chi connectivity index (χ0) is 28.9. The molecule has 1 saturated carbocycles. The Kier molecular flexibility index (Phi) is 9.30. The Morgan fingerprint density at radius 2 is 1.77 bits per heavy atom. The number of carbonyl (C=O) groups is 3. The van der Waals surface area contributed by atoms with Crippen LogP contribution in [0.25, 0.3) is 10.9 Å². The van der Waals surface area contributed by atoms with Gasteiger partial charge in [-0.25, -0.2) is 4.79 Å². The number of benzene rings is 2. The number of nitrogens with zero attached hydrogens (tertiary/aromatic N) is 1. The summed E-state index contributed by atoms with van der Waals surface area (Å²) in [5, 5.41) is 17.6. The number of aromatic carboxylic acids is 1. The SMILES string of the molecule is CC(C)CC(CNCCc1ccccc1)NC(=O)[C@@H]1CCCC[C@@]1(C(N)=O)c1c(C(=O)O)n(C)c2ccccc12. The third kappa shape index (κ3) is 5.92. The minimum absolute atomic E-state index is 0.0148. The van der Waals surface area contributed by atoms with Gasteiger partial charge >= 0.3 is 5.97 Å². The molecule has 8 heteroatoms. The summed E-state index contributed by atoms with van der Waals surface area (Å²) in [5.41, 5.74) is 7.07. The largest absolute Gasteiger partial charge is 0.477 e. The van der Waals surface area contributed by atoms with Gasteiger partial charge in [0.05, 0.1) is 11.3 Å². The molecule has 3 aromatic rings. The molecule has 3 atom stereocenters. The maximum atomic E-state index is 14.1. The molecular formula is C32H42N4O4. The molecule has 4 rings (SSSR count). The van der Waals surface area contributed by atoms with Crippen LogP contribution >= 0.6 is 0 Å². The fraction of sp³-hybridized carbons (Fsp3) is 0.469. The maximum absolute atomic E-state index is 14.1. The van der Waals surface area contributed by atoms with Gasteiger partial charge in [-0.1, -0.05) is 75.2 Å². The monoisotopic (exact) mass is 546 g/mol. The highest BCUT2D eigenvalue weighted by Gasteiger charge is 2.54. The highest BCUT2D eigenvalue weighted by molar-refractivity contribution is 6.06. The fourth-order valence-corrected chi connectivity index (χ4v) is 6.56. The highest BCUT2D eigenvalue weighted by Crippen LogP contribution is 2.48. The van der Waals surface area contributed by atoms with Crippen molar-refractivity contribution in [3.63, 3.8) is 0 Å². The Morgan fingerprint density at radius 1 is 1.07 bits per heavy atom. The van der Waals surface area contributed by atoms with E-state index in [1.807, 2.05) is 42.5 Å². The van der Waals surface area contributed by atoms with Crippen molar-refractivity contribution in [3.8, 4) is 0 Å². The van der Waals surface area contributed by atoms with Gasteiger partial charge in [0.15, 0.2) is 0 Å². The number of primary amides is 1. The average molecular weight is 547 g/mol. The lowest BCUT2D eigenvalue weighted by Crippen LogP contribution is -2.56. The van der Waals surface area contributed by atoms with Gasteiger partial charge in [-0.15, -0.1) is 0 Å². The molecule has 0 saturated heterocycles. The molecule has 5 N–H and O–H groups in total. The predicted molar refractivity (Wildman–Crippen MR) is 157 cm³/mol. The topological polar surface area (TPSA) is 126 Å². The van der Waals surface area contributed by atoms with Gasteiger partial charge in [0.1, 0.15) is 5.69 Å². The third-order valence-electron chi connectivity index (χ3n) is 8.35. The number of rotatable bonds is 12. The first-order chi connectivity index (χ1) is 19.2. The third-order valence-corrected chi connectivity index (χ3v) is 8.35. The molecule has 214 valence electrons. The Labute approximate surface area is 236 Å². The van der Waals surface area contributed by atoms with E-state index in [0.717, 1.165) is 25.8 Å². The van der Waals surface area contributed by atoms with Crippen LogP contribution in [0.15, 0.2) is 54.6 Å². The van der Waals surface area contributed by atoms with Crippen molar-refractivity contribution < 1.29 is 19.5 Å². The van der Waals surface area contributed by atoms with Crippen LogP contribution in [0.5, 0.6) is 0 Å². The average Bonchev–Trinajstić information content (AvgIpc) is 3.24. The molecule has 2 aromatic carbocycles. The summed E-state index contributed by atoms with van der Waals surface area (Å²) in [6, 6.07) is 17.4. The summed E-state index contributed by atoms with van der Waals surface area (Å²) in [4.78, 5) is 40.1. The second kappa shape index (κ2) is 12.7. The number of hydrogen-bond donors (Lipinski definition) is 4. The number of nitrogens with one attached hydrogen (secondary N) is 2. The number of amides is 2. The molecule has 0 radical (unpaired) electrons. The second-order valence-electron chi connectivity index (χ2n) is 11.5. The molecular weight excluding hydrogens is 504 g/mol. The van der Waals surface area contributed by atoms with Crippen molar-refractivity contribution in [1.82, 2.24) is 15.2 Å². The van der Waals surface area contributed by atoms with Gasteiger partial charge in [-0.2, -0.15) is 0 Å². The molecule has 0 bridgehead atoms. The quantitative estimate of drug-likeness (QED) is 0.254. The van der Waals surface area contributed by atoms with E-state index >= 15 is 0 Å². The van der Waals surface area contributed by atoms with E-state index in [-0.39, 0.29) is 17.6 Å². The van der Waals surface area contributed by atoms with Crippen LogP contribution in [0.3, 0.4) is 0 Å². The number of nitrogens with two attached hydrogens (primary N) is 1. The van der Waals surface area contributed by atoms with E-state index < -0.39 is 23.2 Å². The van der Waals surface area contributed by atoms with Gasteiger partial charge in [0.2, 0.25) is 11.8 Å². The molecule has 1 aliphatic carbocycles. The molecule has 0 spiro atoms. The second-order valence-corrected chi connectivity index (χ2v) is 11.5. The molecule has 2 amide bonds. The Morgan fingerprint density at radius 3 is 2.45 bits per heavy atom. The number of carboxylic acids is 1. The Balaban J connectivity index is 1.63. The van der Waals surface area contributed by atoms with E-state index in [9.17, 15) is 19.5 Å². The molecule has 1 aromatic heterocycles. The number of carboxylic acid groups (broad SMARTS) is 1. The maximum Gasteiger partial charge on any atom is 0.352 e. The van der Waals surface area contributed by atoms with E-state index in [1.165, 1.54) is 5.56 Å². The minimum Gasteiger partial charge on any atom is -0.477 e. The van der Waals surface area contributed by atoms with Crippen LogP contribution in [0, 0.1) is 11.8 Å². The van der Waals surface area contributed by atoms with Crippen molar-refractivity contribution in [2.75, 3.05) is 13.1 Å². The van der Waals surface area contributed by atoms with E-state index in [1.54, 1.807) is 11.6 Å². The summed E-state index contributed by atoms with van der Waals surface area (Å²) in [6.07, 6.45) is 3.91. The van der Waals surface area contributed by atoms with Gasteiger partial charge < -0.3 is 26.0 Å². The van der Waals surface area contributed by atoms with Crippen LogP contribution in [0.1, 0.15) is 67.6 Å².